The molecule has 0 saturated heterocycles. The summed E-state index contributed by atoms with van der Waals surface area (Å²) in [6, 6.07) is 7.28. The zero-order valence-electron chi connectivity index (χ0n) is 14.7. The van der Waals surface area contributed by atoms with Gasteiger partial charge in [-0.25, -0.2) is 0 Å². The largest absolute Gasteiger partial charge is 0.492 e. The highest BCUT2D eigenvalue weighted by Crippen LogP contribution is 2.42. The molecule has 1 N–H and O–H groups in total. The van der Waals surface area contributed by atoms with Gasteiger partial charge in [-0.3, -0.25) is 4.79 Å². The molecular weight excluding hydrogens is 304 g/mol. The van der Waals surface area contributed by atoms with Crippen LogP contribution in [0.2, 0.25) is 0 Å². The lowest BCUT2D eigenvalue weighted by Crippen LogP contribution is -2.44. The monoisotopic (exact) mass is 330 g/mol. The number of benzene rings is 1. The number of hydrogen-bond acceptors (Lipinski definition) is 4. The number of nitrogens with one attached hydrogen (secondary N) is 1. The van der Waals surface area contributed by atoms with E-state index in [9.17, 15) is 10.1 Å². The number of nitrogens with zero attached hydrogens (tertiary/aromatic N) is 1. The minimum Gasteiger partial charge on any atom is -0.492 e. The molecule has 2 rings (SSSR count). The van der Waals surface area contributed by atoms with Crippen LogP contribution in [0.4, 0.5) is 5.69 Å². The van der Waals surface area contributed by atoms with Crippen molar-refractivity contribution in [2.45, 2.75) is 52.1 Å². The van der Waals surface area contributed by atoms with Crippen LogP contribution in [-0.2, 0) is 9.53 Å². The Morgan fingerprint density at radius 3 is 2.75 bits per heavy atom. The Balaban J connectivity index is 2.09. The average Bonchev–Trinajstić information content (AvgIpc) is 3.41. The quantitative estimate of drug-likeness (QED) is 0.697. The predicted octanol–water partition coefficient (Wildman–Crippen LogP) is 3.88. The van der Waals surface area contributed by atoms with E-state index in [1.165, 1.54) is 0 Å². The summed E-state index contributed by atoms with van der Waals surface area (Å²) in [7, 11) is 0. The van der Waals surface area contributed by atoms with Crippen LogP contribution in [-0.4, -0.2) is 24.7 Å². The Morgan fingerprint density at radius 1 is 1.42 bits per heavy atom. The van der Waals surface area contributed by atoms with E-state index in [0.717, 1.165) is 25.7 Å². The van der Waals surface area contributed by atoms with E-state index in [1.807, 2.05) is 13.8 Å². The second kappa shape index (κ2) is 8.16. The van der Waals surface area contributed by atoms with E-state index in [2.05, 4.69) is 18.3 Å². The maximum atomic E-state index is 12.7. The summed E-state index contributed by atoms with van der Waals surface area (Å²) in [5.41, 5.74) is 0.206. The molecule has 0 bridgehead atoms. The van der Waals surface area contributed by atoms with E-state index in [1.54, 1.807) is 18.2 Å². The van der Waals surface area contributed by atoms with Crippen LogP contribution in [0.5, 0.6) is 5.75 Å². The third kappa shape index (κ3) is 4.27. The Labute approximate surface area is 144 Å². The van der Waals surface area contributed by atoms with Gasteiger partial charge >= 0.3 is 0 Å². The van der Waals surface area contributed by atoms with Gasteiger partial charge in [0, 0.05) is 12.3 Å². The number of hydrogen-bond donors (Lipinski definition) is 1. The molecule has 0 spiro atoms. The van der Waals surface area contributed by atoms with Crippen molar-refractivity contribution in [3.63, 3.8) is 0 Å². The number of carbonyl (C=O) groups excluding carboxylic acids is 1. The molecule has 0 heterocycles. The van der Waals surface area contributed by atoms with Gasteiger partial charge in [0.05, 0.1) is 12.2 Å². The topological polar surface area (TPSA) is 71.3 Å². The molecule has 24 heavy (non-hydrogen) atoms. The van der Waals surface area contributed by atoms with Crippen molar-refractivity contribution in [1.82, 2.24) is 0 Å². The lowest BCUT2D eigenvalue weighted by Gasteiger charge is -2.28. The Morgan fingerprint density at radius 2 is 2.17 bits per heavy atom. The normalized spacial score (nSPS) is 16.1. The maximum Gasteiger partial charge on any atom is 0.256 e. The Hall–Kier alpha value is -2.06. The Kier molecular flexibility index (Phi) is 6.22. The summed E-state index contributed by atoms with van der Waals surface area (Å²) >= 11 is 0. The lowest BCUT2D eigenvalue weighted by molar-refractivity contribution is -0.141. The van der Waals surface area contributed by atoms with Crippen molar-refractivity contribution in [3.8, 4) is 11.8 Å². The maximum absolute atomic E-state index is 12.7. The number of ether oxygens (including phenoxy) is 2. The summed E-state index contributed by atoms with van der Waals surface area (Å²) in [4.78, 5) is 12.7. The molecule has 5 nitrogen and oxygen atoms in total. The van der Waals surface area contributed by atoms with Crippen LogP contribution in [0.3, 0.4) is 0 Å². The van der Waals surface area contributed by atoms with Crippen molar-refractivity contribution in [3.05, 3.63) is 23.8 Å². The molecule has 1 aromatic rings. The molecule has 130 valence electrons. The van der Waals surface area contributed by atoms with Crippen molar-refractivity contribution in [1.29, 1.82) is 5.26 Å². The van der Waals surface area contributed by atoms with Gasteiger partial charge in [-0.05, 0) is 57.2 Å². The van der Waals surface area contributed by atoms with Gasteiger partial charge in [-0.1, -0.05) is 13.3 Å². The number of amides is 1. The number of nitriles is 1. The molecule has 1 aliphatic carbocycles. The lowest BCUT2D eigenvalue weighted by atomic mass is 9.98. The first-order chi connectivity index (χ1) is 11.5. The summed E-state index contributed by atoms with van der Waals surface area (Å²) < 4.78 is 11.4. The van der Waals surface area contributed by atoms with E-state index in [0.29, 0.717) is 30.2 Å². The van der Waals surface area contributed by atoms with Crippen LogP contribution < -0.4 is 10.1 Å². The molecular formula is C19H26N2O3. The fourth-order valence-corrected chi connectivity index (χ4v) is 2.71. The smallest absolute Gasteiger partial charge is 0.256 e. The van der Waals surface area contributed by atoms with Crippen molar-refractivity contribution in [2.24, 2.45) is 5.92 Å². The first kappa shape index (κ1) is 18.3. The minimum absolute atomic E-state index is 0.157. The van der Waals surface area contributed by atoms with Crippen LogP contribution in [0.15, 0.2) is 18.2 Å². The minimum atomic E-state index is -0.808. The summed E-state index contributed by atoms with van der Waals surface area (Å²) in [5.74, 6) is 0.665. The Bertz CT molecular complexity index is 620. The van der Waals surface area contributed by atoms with Gasteiger partial charge in [0.2, 0.25) is 0 Å². The molecule has 1 aromatic carbocycles. The first-order valence-corrected chi connectivity index (χ1v) is 8.67. The molecule has 1 saturated carbocycles. The van der Waals surface area contributed by atoms with Crippen molar-refractivity contribution < 1.29 is 14.3 Å². The number of anilines is 1. The van der Waals surface area contributed by atoms with E-state index < -0.39 is 5.60 Å². The zero-order valence-corrected chi connectivity index (χ0v) is 14.7. The van der Waals surface area contributed by atoms with Crippen molar-refractivity contribution >= 4 is 11.6 Å². The van der Waals surface area contributed by atoms with Crippen LogP contribution in [0, 0.1) is 17.2 Å². The summed E-state index contributed by atoms with van der Waals surface area (Å²) in [6.45, 7) is 6.90. The molecule has 0 aromatic heterocycles. The van der Waals surface area contributed by atoms with E-state index in [4.69, 9.17) is 9.47 Å². The molecule has 0 aliphatic heterocycles. The third-order valence-electron chi connectivity index (χ3n) is 4.36. The molecule has 1 fully saturated rings. The van der Waals surface area contributed by atoms with Gasteiger partial charge in [0.1, 0.15) is 17.4 Å². The third-order valence-corrected chi connectivity index (χ3v) is 4.36. The SMILES string of the molecule is CCCCOc1ccc(NC(=O)[C@](C)(OCC)C2CC2)cc1C#N. The van der Waals surface area contributed by atoms with Gasteiger partial charge in [0.25, 0.3) is 5.91 Å². The predicted molar refractivity (Wildman–Crippen MR) is 92.9 cm³/mol. The number of rotatable bonds is 9. The molecule has 1 atom stereocenters. The van der Waals surface area contributed by atoms with Gasteiger partial charge in [0.15, 0.2) is 0 Å². The molecule has 0 unspecified atom stereocenters. The highest BCUT2D eigenvalue weighted by atomic mass is 16.5. The fourth-order valence-electron chi connectivity index (χ4n) is 2.71. The van der Waals surface area contributed by atoms with Crippen LogP contribution in [0.1, 0.15) is 52.0 Å². The van der Waals surface area contributed by atoms with Gasteiger partial charge in [-0.2, -0.15) is 5.26 Å². The molecule has 1 amide bonds. The zero-order chi connectivity index (χ0) is 17.6. The first-order valence-electron chi connectivity index (χ1n) is 8.67. The molecule has 0 radical (unpaired) electrons. The summed E-state index contributed by atoms with van der Waals surface area (Å²) in [5, 5.41) is 12.2. The second-order valence-corrected chi connectivity index (χ2v) is 6.29. The molecule has 1 aliphatic rings. The standard InChI is InChI=1S/C19H26N2O3/c1-4-6-11-23-17-10-9-16(12-14(17)13-20)21-18(22)19(3,24-5-2)15-7-8-15/h9-10,12,15H,4-8,11H2,1-3H3,(H,21,22)/t19-/m1/s1. The number of carbonyl (C=O) groups is 1. The summed E-state index contributed by atoms with van der Waals surface area (Å²) in [6.07, 6.45) is 4.00. The second-order valence-electron chi connectivity index (χ2n) is 6.29. The average molecular weight is 330 g/mol. The fraction of sp³-hybridized carbons (Fsp3) is 0.579. The highest BCUT2D eigenvalue weighted by Gasteiger charge is 2.48. The van der Waals surface area contributed by atoms with Gasteiger partial charge in [-0.15, -0.1) is 0 Å². The molecule has 5 heteroatoms. The van der Waals surface area contributed by atoms with Gasteiger partial charge < -0.3 is 14.8 Å². The number of unbranched alkanes of at least 4 members (excludes halogenated alkanes) is 1. The van der Waals surface area contributed by atoms with E-state index >= 15 is 0 Å². The van der Waals surface area contributed by atoms with Crippen molar-refractivity contribution in [2.75, 3.05) is 18.5 Å². The van der Waals surface area contributed by atoms with E-state index in [-0.39, 0.29) is 11.8 Å². The highest BCUT2D eigenvalue weighted by molar-refractivity contribution is 5.97. The van der Waals surface area contributed by atoms with Crippen LogP contribution in [0.25, 0.3) is 0 Å². The van der Waals surface area contributed by atoms with Crippen LogP contribution >= 0.6 is 0 Å².